The molecule has 208 valence electrons. The van der Waals surface area contributed by atoms with Crippen molar-refractivity contribution in [2.75, 3.05) is 4.90 Å². The van der Waals surface area contributed by atoms with E-state index in [1.54, 1.807) is 42.5 Å². The van der Waals surface area contributed by atoms with Crippen LogP contribution in [0, 0.1) is 11.8 Å². The summed E-state index contributed by atoms with van der Waals surface area (Å²) in [5.41, 5.74) is 3.54. The number of hydrogen-bond donors (Lipinski definition) is 0. The molecule has 8 heteroatoms. The molecule has 0 saturated carbocycles. The van der Waals surface area contributed by atoms with E-state index in [9.17, 15) is 19.2 Å². The van der Waals surface area contributed by atoms with Crippen molar-refractivity contribution in [1.29, 1.82) is 0 Å². The van der Waals surface area contributed by atoms with Crippen LogP contribution >= 0.6 is 23.2 Å². The number of ketones is 1. The van der Waals surface area contributed by atoms with E-state index in [2.05, 4.69) is 0 Å². The van der Waals surface area contributed by atoms with Gasteiger partial charge in [0.1, 0.15) is 9.75 Å². The maximum absolute atomic E-state index is 14.2. The van der Waals surface area contributed by atoms with Crippen LogP contribution in [0.4, 0.5) is 5.69 Å². The van der Waals surface area contributed by atoms with Crippen molar-refractivity contribution >= 4 is 52.5 Å². The highest BCUT2D eigenvalue weighted by Gasteiger charge is 2.73. The summed E-state index contributed by atoms with van der Waals surface area (Å²) in [6.07, 6.45) is -1.04. The third-order valence-electron chi connectivity index (χ3n) is 8.64. The summed E-state index contributed by atoms with van der Waals surface area (Å²) in [4.78, 5) is 52.7. The molecule has 0 spiro atoms. The van der Waals surface area contributed by atoms with E-state index in [0.29, 0.717) is 27.8 Å². The molecule has 3 aliphatic carbocycles. The number of amides is 2. The third-order valence-corrected chi connectivity index (χ3v) is 9.92. The van der Waals surface area contributed by atoms with Crippen molar-refractivity contribution in [3.63, 3.8) is 0 Å². The number of hydrogen-bond acceptors (Lipinski definition) is 5. The molecule has 8 rings (SSSR count). The first-order chi connectivity index (χ1) is 20.2. The van der Waals surface area contributed by atoms with Gasteiger partial charge in [0.2, 0.25) is 17.6 Å². The first-order valence-corrected chi connectivity index (χ1v) is 14.3. The van der Waals surface area contributed by atoms with Gasteiger partial charge in [-0.15, -0.1) is 23.2 Å². The van der Waals surface area contributed by atoms with Crippen LogP contribution in [0.2, 0.25) is 0 Å². The lowest BCUT2D eigenvalue weighted by molar-refractivity contribution is -0.122. The fourth-order valence-corrected chi connectivity index (χ4v) is 7.91. The van der Waals surface area contributed by atoms with Gasteiger partial charge in [-0.2, -0.15) is 0 Å². The van der Waals surface area contributed by atoms with Gasteiger partial charge in [0.05, 0.1) is 23.1 Å². The number of carbonyl (C=O) groups is 4. The molecule has 1 aliphatic heterocycles. The molecule has 0 aromatic heterocycles. The second-order valence-electron chi connectivity index (χ2n) is 10.8. The van der Waals surface area contributed by atoms with E-state index in [1.807, 2.05) is 48.5 Å². The monoisotopic (exact) mass is 595 g/mol. The summed E-state index contributed by atoms with van der Waals surface area (Å²) in [6, 6.07) is 29.4. The van der Waals surface area contributed by atoms with Crippen LogP contribution in [0.15, 0.2) is 103 Å². The predicted octanol–water partition coefficient (Wildman–Crippen LogP) is 6.21. The molecule has 2 bridgehead atoms. The molecule has 2 amide bonds. The van der Waals surface area contributed by atoms with Crippen LogP contribution in [0.1, 0.15) is 49.9 Å². The van der Waals surface area contributed by atoms with E-state index >= 15 is 0 Å². The van der Waals surface area contributed by atoms with Crippen molar-refractivity contribution in [3.8, 4) is 0 Å². The Hall–Kier alpha value is -4.26. The zero-order chi connectivity index (χ0) is 29.4. The fourth-order valence-electron chi connectivity index (χ4n) is 6.81. The normalized spacial score (nSPS) is 25.8. The van der Waals surface area contributed by atoms with Gasteiger partial charge in [-0.05, 0) is 47.4 Å². The molecule has 1 saturated heterocycles. The zero-order valence-electron chi connectivity index (χ0n) is 22.3. The van der Waals surface area contributed by atoms with Gasteiger partial charge in [0.15, 0.2) is 6.10 Å². The number of Topliss-reactive ketones (excluding diaryl/α,β-unsaturated/α-hetero) is 1. The highest BCUT2D eigenvalue weighted by atomic mass is 35.5. The van der Waals surface area contributed by atoms with Gasteiger partial charge in [0, 0.05) is 5.56 Å². The summed E-state index contributed by atoms with van der Waals surface area (Å²) >= 11 is 15.0. The topological polar surface area (TPSA) is 80.8 Å². The van der Waals surface area contributed by atoms with Crippen LogP contribution in [0.5, 0.6) is 0 Å². The Bertz CT molecular complexity index is 1700. The molecule has 0 radical (unpaired) electrons. The maximum Gasteiger partial charge on any atom is 0.338 e. The molecule has 1 fully saturated rings. The molecule has 4 aliphatic rings. The standard InChI is InChI=1S/C34H23Cl2NO5/c1-19(29(38)20-10-3-2-4-11-20)42-32(41)21-12-9-13-22(18-21)37-30(39)27-28(31(37)40)34(36)24-15-6-5-14-23(24)33(27,35)25-16-7-8-17-26(25)34/h2-19,27-28H,1H3/t19-,27-,28-,33?,34?/m0/s1. The van der Waals surface area contributed by atoms with Crippen LogP contribution in [-0.4, -0.2) is 29.7 Å². The van der Waals surface area contributed by atoms with Crippen LogP contribution in [0.25, 0.3) is 0 Å². The summed E-state index contributed by atoms with van der Waals surface area (Å²) in [5, 5.41) is 0. The maximum atomic E-state index is 14.2. The smallest absolute Gasteiger partial charge is 0.338 e. The Kier molecular flexibility index (Phi) is 5.95. The van der Waals surface area contributed by atoms with Gasteiger partial charge in [-0.3, -0.25) is 14.4 Å². The molecular weight excluding hydrogens is 573 g/mol. The number of nitrogens with zero attached hydrogens (tertiary/aromatic N) is 1. The lowest BCUT2D eigenvalue weighted by Crippen LogP contribution is -2.57. The fraction of sp³-hybridized carbons (Fsp3) is 0.176. The number of halogens is 2. The SMILES string of the molecule is C[C@H](OC(=O)c1cccc(N2C(=O)[C@@H]3[C@@H](C2=O)C2(Cl)c4ccccc4C3(Cl)c3ccccc32)c1)C(=O)c1ccccc1. The summed E-state index contributed by atoms with van der Waals surface area (Å²) < 4.78 is 5.46. The molecule has 4 aromatic carbocycles. The Morgan fingerprint density at radius 1 is 0.690 bits per heavy atom. The predicted molar refractivity (Wildman–Crippen MR) is 158 cm³/mol. The van der Waals surface area contributed by atoms with E-state index in [4.69, 9.17) is 27.9 Å². The summed E-state index contributed by atoms with van der Waals surface area (Å²) in [6.45, 7) is 1.50. The van der Waals surface area contributed by atoms with E-state index in [-0.39, 0.29) is 17.0 Å². The molecule has 42 heavy (non-hydrogen) atoms. The number of esters is 1. The Labute approximate surface area is 251 Å². The molecule has 4 aromatic rings. The quantitative estimate of drug-likeness (QED) is 0.118. The van der Waals surface area contributed by atoms with E-state index in [0.717, 1.165) is 4.90 Å². The minimum atomic E-state index is -1.31. The molecule has 0 N–H and O–H groups in total. The summed E-state index contributed by atoms with van der Waals surface area (Å²) in [5.74, 6) is -4.02. The van der Waals surface area contributed by atoms with Crippen molar-refractivity contribution < 1.29 is 23.9 Å². The number of alkyl halides is 2. The second kappa shape index (κ2) is 9.38. The molecule has 1 heterocycles. The Morgan fingerprint density at radius 2 is 1.14 bits per heavy atom. The van der Waals surface area contributed by atoms with Gasteiger partial charge < -0.3 is 4.74 Å². The average molecular weight is 596 g/mol. The molecule has 6 nitrogen and oxygen atoms in total. The molecule has 3 atom stereocenters. The highest BCUT2D eigenvalue weighted by molar-refractivity contribution is 6.38. The van der Waals surface area contributed by atoms with Crippen LogP contribution < -0.4 is 4.90 Å². The second-order valence-corrected chi connectivity index (χ2v) is 12.0. The number of anilines is 1. The van der Waals surface area contributed by atoms with E-state index < -0.39 is 45.5 Å². The molecular formula is C34H23Cl2NO5. The first kappa shape index (κ1) is 26.6. The Balaban J connectivity index is 1.25. The zero-order valence-corrected chi connectivity index (χ0v) is 23.8. The highest BCUT2D eigenvalue weighted by Crippen LogP contribution is 2.69. The number of carbonyl (C=O) groups excluding carboxylic acids is 4. The van der Waals surface area contributed by atoms with Gasteiger partial charge in [-0.1, -0.05) is 84.9 Å². The molecule has 0 unspecified atom stereocenters. The van der Waals surface area contributed by atoms with E-state index in [1.165, 1.54) is 19.1 Å². The van der Waals surface area contributed by atoms with Crippen molar-refractivity contribution in [2.45, 2.75) is 22.8 Å². The Morgan fingerprint density at radius 3 is 1.64 bits per heavy atom. The van der Waals surface area contributed by atoms with Crippen molar-refractivity contribution in [2.24, 2.45) is 11.8 Å². The number of imide groups is 1. The van der Waals surface area contributed by atoms with Gasteiger partial charge >= 0.3 is 5.97 Å². The largest absolute Gasteiger partial charge is 0.451 e. The number of benzene rings is 4. The minimum absolute atomic E-state index is 0.0893. The lowest BCUT2D eigenvalue weighted by Gasteiger charge is -2.54. The number of rotatable bonds is 5. The summed E-state index contributed by atoms with van der Waals surface area (Å²) in [7, 11) is 0. The minimum Gasteiger partial charge on any atom is -0.451 e. The van der Waals surface area contributed by atoms with Gasteiger partial charge in [0.25, 0.3) is 0 Å². The van der Waals surface area contributed by atoms with Crippen molar-refractivity contribution in [1.82, 2.24) is 0 Å². The first-order valence-electron chi connectivity index (χ1n) is 13.5. The van der Waals surface area contributed by atoms with Crippen LogP contribution in [-0.2, 0) is 24.1 Å². The van der Waals surface area contributed by atoms with Gasteiger partial charge in [-0.25, -0.2) is 9.69 Å². The van der Waals surface area contributed by atoms with Crippen LogP contribution in [0.3, 0.4) is 0 Å². The average Bonchev–Trinajstić information content (AvgIpc) is 3.30. The lowest BCUT2D eigenvalue weighted by atomic mass is 9.54. The van der Waals surface area contributed by atoms with Crippen molar-refractivity contribution in [3.05, 3.63) is 137 Å². The third kappa shape index (κ3) is 3.45. The number of ether oxygens (including phenoxy) is 1.